The first-order chi connectivity index (χ1) is 20.6. The normalized spacial score (nSPS) is 15.6. The quantitative estimate of drug-likeness (QED) is 0.227. The zero-order chi connectivity index (χ0) is 28.7. The molecule has 0 aliphatic carbocycles. The van der Waals surface area contributed by atoms with E-state index < -0.39 is 6.09 Å². The third kappa shape index (κ3) is 6.71. The Kier molecular flexibility index (Phi) is 8.91. The minimum absolute atomic E-state index is 0.0782. The van der Waals surface area contributed by atoms with Crippen molar-refractivity contribution in [2.45, 2.75) is 32.2 Å². The van der Waals surface area contributed by atoms with Crippen molar-refractivity contribution in [1.29, 1.82) is 0 Å². The summed E-state index contributed by atoms with van der Waals surface area (Å²) in [4.78, 5) is 31.4. The van der Waals surface area contributed by atoms with E-state index in [9.17, 15) is 9.59 Å². The number of nitrogens with zero attached hydrogens (tertiary/aromatic N) is 3. The van der Waals surface area contributed by atoms with Gasteiger partial charge in [0.05, 0.1) is 25.1 Å². The first-order valence-electron chi connectivity index (χ1n) is 14.6. The molecule has 220 valence electrons. The minimum Gasteiger partial charge on any atom is -0.494 e. The third-order valence-corrected chi connectivity index (χ3v) is 8.77. The van der Waals surface area contributed by atoms with E-state index in [1.54, 1.807) is 29.7 Å². The molecule has 9 nitrogen and oxygen atoms in total. The largest absolute Gasteiger partial charge is 0.494 e. The van der Waals surface area contributed by atoms with Crippen LogP contribution in [-0.4, -0.2) is 63.0 Å². The van der Waals surface area contributed by atoms with Crippen LogP contribution in [0, 0.1) is 0 Å². The molecule has 10 heteroatoms. The van der Waals surface area contributed by atoms with Crippen LogP contribution in [0.4, 0.5) is 16.2 Å². The van der Waals surface area contributed by atoms with Gasteiger partial charge in [-0.15, -0.1) is 11.3 Å². The second-order valence-electron chi connectivity index (χ2n) is 10.6. The van der Waals surface area contributed by atoms with Crippen LogP contribution in [0.5, 0.6) is 5.75 Å². The molecule has 6 rings (SSSR count). The molecule has 4 aromatic rings. The van der Waals surface area contributed by atoms with Gasteiger partial charge >= 0.3 is 6.09 Å². The molecule has 2 aromatic heterocycles. The molecule has 42 heavy (non-hydrogen) atoms. The Balaban J connectivity index is 0.930. The Morgan fingerprint density at radius 1 is 0.976 bits per heavy atom. The van der Waals surface area contributed by atoms with Crippen molar-refractivity contribution in [1.82, 2.24) is 10.2 Å². The zero-order valence-corrected chi connectivity index (χ0v) is 24.4. The van der Waals surface area contributed by atoms with Gasteiger partial charge in [-0.1, -0.05) is 12.1 Å². The van der Waals surface area contributed by atoms with Crippen LogP contribution in [-0.2, 0) is 22.5 Å². The number of hydrogen-bond acceptors (Lipinski definition) is 8. The average molecular weight is 589 g/mol. The van der Waals surface area contributed by atoms with Gasteiger partial charge in [0.15, 0.2) is 6.73 Å². The average Bonchev–Trinajstić information content (AvgIpc) is 3.72. The minimum atomic E-state index is -0.611. The lowest BCUT2D eigenvalue weighted by Gasteiger charge is -2.36. The molecule has 2 aromatic carbocycles. The molecule has 0 unspecified atom stereocenters. The smallest absolute Gasteiger partial charge is 0.409 e. The summed E-state index contributed by atoms with van der Waals surface area (Å²) in [5.74, 6) is 1.26. The van der Waals surface area contributed by atoms with Gasteiger partial charge < -0.3 is 24.1 Å². The number of piperazine rings is 1. The van der Waals surface area contributed by atoms with Crippen LogP contribution in [0.3, 0.4) is 0 Å². The van der Waals surface area contributed by atoms with E-state index >= 15 is 0 Å². The molecule has 1 N–H and O–H groups in total. The summed E-state index contributed by atoms with van der Waals surface area (Å²) in [7, 11) is 0. The lowest BCUT2D eigenvalue weighted by atomic mass is 10.0. The van der Waals surface area contributed by atoms with Crippen molar-refractivity contribution in [2.75, 3.05) is 55.9 Å². The Labute approximate surface area is 249 Å². The molecule has 0 saturated carbocycles. The summed E-state index contributed by atoms with van der Waals surface area (Å²) < 4.78 is 18.0. The van der Waals surface area contributed by atoms with Crippen molar-refractivity contribution in [2.24, 2.45) is 0 Å². The van der Waals surface area contributed by atoms with Gasteiger partial charge in [0.1, 0.15) is 11.5 Å². The van der Waals surface area contributed by atoms with Crippen LogP contribution in [0.15, 0.2) is 70.7 Å². The van der Waals surface area contributed by atoms with E-state index in [0.717, 1.165) is 56.8 Å². The fourth-order valence-electron chi connectivity index (χ4n) is 5.59. The van der Waals surface area contributed by atoms with Gasteiger partial charge in [0, 0.05) is 54.4 Å². The number of furan rings is 1. The van der Waals surface area contributed by atoms with E-state index in [1.165, 1.54) is 20.7 Å². The molecule has 1 saturated heterocycles. The first-order valence-corrected chi connectivity index (χ1v) is 15.4. The van der Waals surface area contributed by atoms with Crippen molar-refractivity contribution in [3.63, 3.8) is 0 Å². The number of fused-ring (bicyclic) bond motifs is 2. The number of thiophene rings is 1. The highest BCUT2D eigenvalue weighted by molar-refractivity contribution is 7.17. The fraction of sp³-hybridized carbons (Fsp3) is 0.375. The van der Waals surface area contributed by atoms with E-state index in [0.29, 0.717) is 31.0 Å². The second kappa shape index (κ2) is 13.3. The van der Waals surface area contributed by atoms with E-state index in [1.807, 2.05) is 18.2 Å². The topological polar surface area (TPSA) is 87.5 Å². The lowest BCUT2D eigenvalue weighted by Crippen LogP contribution is -2.46. The summed E-state index contributed by atoms with van der Waals surface area (Å²) in [5, 5.41) is 6.17. The summed E-state index contributed by atoms with van der Waals surface area (Å²) in [6.07, 6.45) is 3.98. The van der Waals surface area contributed by atoms with Crippen molar-refractivity contribution < 1.29 is 23.5 Å². The van der Waals surface area contributed by atoms with Gasteiger partial charge in [0.2, 0.25) is 5.91 Å². The van der Waals surface area contributed by atoms with Gasteiger partial charge in [-0.3, -0.25) is 14.6 Å². The number of hydrogen-bond donors (Lipinski definition) is 1. The second-order valence-corrected chi connectivity index (χ2v) is 11.5. The molecular formula is C32H36N4O5S. The highest BCUT2D eigenvalue weighted by Crippen LogP contribution is 2.32. The fourth-order valence-corrected chi connectivity index (χ4v) is 6.40. The summed E-state index contributed by atoms with van der Waals surface area (Å²) in [5.41, 5.74) is 3.13. The highest BCUT2D eigenvalue weighted by atomic mass is 32.1. The summed E-state index contributed by atoms with van der Waals surface area (Å²) >= 11 is 1.80. The van der Waals surface area contributed by atoms with E-state index in [2.05, 4.69) is 44.8 Å². The first kappa shape index (κ1) is 28.1. The number of rotatable bonds is 11. The van der Waals surface area contributed by atoms with Gasteiger partial charge in [-0.2, -0.15) is 0 Å². The van der Waals surface area contributed by atoms with Crippen LogP contribution in [0.25, 0.3) is 10.1 Å². The van der Waals surface area contributed by atoms with Gasteiger partial charge in [0.25, 0.3) is 0 Å². The van der Waals surface area contributed by atoms with Crippen molar-refractivity contribution in [3.8, 4) is 5.75 Å². The number of carbonyl (C=O) groups is 2. The standard InChI is InChI=1S/C32H36N4O5S/c37-31-11-9-24-8-10-25(21-29(24)36(31)23-41-32(38)33-22-26-5-4-19-40-26)39-18-2-1-13-34-14-16-35(17-15-34)28-6-3-7-30-27(28)12-20-42-30/h3-8,10,12,19-21H,1-2,9,11,13-18,22-23H2,(H,33,38). The molecule has 2 aliphatic rings. The Hall–Kier alpha value is -4.02. The number of unbranched alkanes of at least 4 members (excludes halogenated alkanes) is 1. The number of ether oxygens (including phenoxy) is 2. The Bertz CT molecular complexity index is 1500. The summed E-state index contributed by atoms with van der Waals surface area (Å²) in [6, 6.07) is 18.2. The Morgan fingerprint density at radius 3 is 2.74 bits per heavy atom. The molecule has 0 atom stereocenters. The zero-order valence-electron chi connectivity index (χ0n) is 23.6. The maximum Gasteiger partial charge on any atom is 0.409 e. The lowest BCUT2D eigenvalue weighted by molar-refractivity contribution is -0.119. The molecule has 2 aliphatic heterocycles. The van der Waals surface area contributed by atoms with Crippen molar-refractivity contribution >= 4 is 44.8 Å². The molecular weight excluding hydrogens is 552 g/mol. The van der Waals surface area contributed by atoms with E-state index in [-0.39, 0.29) is 19.2 Å². The Morgan fingerprint density at radius 2 is 1.88 bits per heavy atom. The number of benzene rings is 2. The van der Waals surface area contributed by atoms with Gasteiger partial charge in [-0.05, 0) is 73.1 Å². The molecule has 0 spiro atoms. The summed E-state index contributed by atoms with van der Waals surface area (Å²) in [6.45, 7) is 5.96. The number of amides is 2. The van der Waals surface area contributed by atoms with Crippen LogP contribution in [0.2, 0.25) is 0 Å². The number of alkyl carbamates (subject to hydrolysis) is 1. The predicted molar refractivity (Wildman–Crippen MR) is 164 cm³/mol. The number of anilines is 2. The van der Waals surface area contributed by atoms with Crippen LogP contribution in [0.1, 0.15) is 30.6 Å². The monoisotopic (exact) mass is 588 g/mol. The maximum absolute atomic E-state index is 12.7. The molecule has 1 fully saturated rings. The molecule has 0 bridgehead atoms. The maximum atomic E-state index is 12.7. The molecule has 4 heterocycles. The predicted octanol–water partition coefficient (Wildman–Crippen LogP) is 5.64. The van der Waals surface area contributed by atoms with Gasteiger partial charge in [-0.25, -0.2) is 4.79 Å². The van der Waals surface area contributed by atoms with Crippen LogP contribution < -0.4 is 19.9 Å². The highest BCUT2D eigenvalue weighted by Gasteiger charge is 2.26. The van der Waals surface area contributed by atoms with Crippen LogP contribution >= 0.6 is 11.3 Å². The number of nitrogens with one attached hydrogen (secondary N) is 1. The SMILES string of the molecule is O=C(NCc1ccco1)OCN1C(=O)CCc2ccc(OCCCCN3CCN(c4cccc5sccc45)CC3)cc21. The molecule has 0 radical (unpaired) electrons. The number of aryl methyl sites for hydroxylation is 1. The van der Waals surface area contributed by atoms with Crippen molar-refractivity contribution in [3.05, 3.63) is 77.6 Å². The number of carbonyl (C=O) groups excluding carboxylic acids is 2. The third-order valence-electron chi connectivity index (χ3n) is 7.89. The van der Waals surface area contributed by atoms with E-state index in [4.69, 9.17) is 13.9 Å². The molecule has 2 amide bonds.